The third-order valence-corrected chi connectivity index (χ3v) is 4.62. The minimum absolute atomic E-state index is 0.0117. The van der Waals surface area contributed by atoms with Crippen LogP contribution in [0.3, 0.4) is 0 Å². The van der Waals surface area contributed by atoms with Crippen molar-refractivity contribution in [2.75, 3.05) is 0 Å². The van der Waals surface area contributed by atoms with Crippen LogP contribution in [-0.2, 0) is 7.05 Å². The Morgan fingerprint density at radius 3 is 2.33 bits per heavy atom. The van der Waals surface area contributed by atoms with E-state index in [9.17, 15) is 14.4 Å². The zero-order valence-electron chi connectivity index (χ0n) is 15.9. The lowest BCUT2D eigenvalue weighted by atomic mass is 10.1. The third-order valence-electron chi connectivity index (χ3n) is 4.06. The molecule has 12 heteroatoms. The molecule has 0 aliphatic heterocycles. The van der Waals surface area contributed by atoms with Crippen molar-refractivity contribution in [3.8, 4) is 23.4 Å². The normalized spacial score (nSPS) is 10.8. The Morgan fingerprint density at radius 1 is 1.13 bits per heavy atom. The zero-order valence-corrected chi connectivity index (χ0v) is 17.4. The van der Waals surface area contributed by atoms with Gasteiger partial charge in [-0.3, -0.25) is 14.6 Å². The molecule has 0 radical (unpaired) electrons. The van der Waals surface area contributed by atoms with Crippen LogP contribution in [0, 0.1) is 11.3 Å². The van der Waals surface area contributed by atoms with Gasteiger partial charge in [0, 0.05) is 18.7 Å². The molecule has 2 heterocycles. The zero-order chi connectivity index (χ0) is 22.2. The van der Waals surface area contributed by atoms with Crippen molar-refractivity contribution in [2.45, 2.75) is 19.8 Å². The van der Waals surface area contributed by atoms with Gasteiger partial charge in [-0.05, 0) is 18.1 Å². The van der Waals surface area contributed by atoms with E-state index in [1.54, 1.807) is 6.07 Å². The number of nitrogens with zero attached hydrogens (tertiary/aromatic N) is 5. The summed E-state index contributed by atoms with van der Waals surface area (Å²) in [5.74, 6) is 0.0826. The van der Waals surface area contributed by atoms with Crippen molar-refractivity contribution in [1.29, 1.82) is 5.26 Å². The van der Waals surface area contributed by atoms with Crippen molar-refractivity contribution in [1.82, 2.24) is 24.5 Å². The van der Waals surface area contributed by atoms with Crippen LogP contribution in [0.5, 0.6) is 11.6 Å². The van der Waals surface area contributed by atoms with Crippen LogP contribution in [0.2, 0.25) is 10.0 Å². The molecule has 3 rings (SSSR count). The number of aryl methyl sites for hydroxylation is 1. The highest BCUT2D eigenvalue weighted by Gasteiger charge is 2.17. The maximum Gasteiger partial charge on any atom is 0.349 e. The van der Waals surface area contributed by atoms with E-state index >= 15 is 0 Å². The second-order valence-corrected chi connectivity index (χ2v) is 7.31. The number of hydrogen-bond donors (Lipinski definition) is 1. The number of halogens is 2. The number of rotatable bonds is 4. The SMILES string of the molecule is CC(C)c1cc(Oc2c(Cl)cc(-n3nc(C#N)c(=O)[nH]c3=O)cc2Cl)nn(C)c1=O. The molecule has 0 fully saturated rings. The number of hydrogen-bond acceptors (Lipinski definition) is 7. The molecular weight excluding hydrogens is 435 g/mol. The first-order valence-corrected chi connectivity index (χ1v) is 9.27. The minimum Gasteiger partial charge on any atom is -0.434 e. The Balaban J connectivity index is 2.08. The second-order valence-electron chi connectivity index (χ2n) is 6.49. The first-order valence-electron chi connectivity index (χ1n) is 8.51. The summed E-state index contributed by atoms with van der Waals surface area (Å²) in [6.45, 7) is 3.72. The largest absolute Gasteiger partial charge is 0.434 e. The molecule has 0 unspecified atom stereocenters. The molecule has 30 heavy (non-hydrogen) atoms. The van der Waals surface area contributed by atoms with Gasteiger partial charge >= 0.3 is 5.69 Å². The summed E-state index contributed by atoms with van der Waals surface area (Å²) in [4.78, 5) is 37.7. The van der Waals surface area contributed by atoms with Crippen LogP contribution in [-0.4, -0.2) is 24.5 Å². The van der Waals surface area contributed by atoms with Gasteiger partial charge in [0.05, 0.1) is 15.7 Å². The monoisotopic (exact) mass is 448 g/mol. The van der Waals surface area contributed by atoms with Gasteiger partial charge in [0.2, 0.25) is 11.6 Å². The fourth-order valence-corrected chi connectivity index (χ4v) is 3.14. The van der Waals surface area contributed by atoms with Gasteiger partial charge in [0.25, 0.3) is 11.1 Å². The van der Waals surface area contributed by atoms with Gasteiger partial charge in [-0.2, -0.15) is 9.94 Å². The quantitative estimate of drug-likeness (QED) is 0.644. The molecule has 0 aliphatic rings. The lowest BCUT2D eigenvalue weighted by Crippen LogP contribution is -2.33. The number of benzene rings is 1. The highest BCUT2D eigenvalue weighted by molar-refractivity contribution is 6.37. The van der Waals surface area contributed by atoms with E-state index in [2.05, 4.69) is 10.2 Å². The number of H-pyrrole nitrogens is 1. The summed E-state index contributed by atoms with van der Waals surface area (Å²) in [6, 6.07) is 5.73. The van der Waals surface area contributed by atoms with E-state index in [0.29, 0.717) is 5.56 Å². The van der Waals surface area contributed by atoms with E-state index in [-0.39, 0.29) is 38.8 Å². The summed E-state index contributed by atoms with van der Waals surface area (Å²) < 4.78 is 7.63. The van der Waals surface area contributed by atoms with Crippen molar-refractivity contribution >= 4 is 23.2 Å². The van der Waals surface area contributed by atoms with Crippen LogP contribution in [0.4, 0.5) is 0 Å². The average molecular weight is 449 g/mol. The standard InChI is InChI=1S/C18H14Cl2N6O4/c1-8(2)10-6-14(24-25(3)17(10)28)30-15-11(19)4-9(5-12(15)20)26-18(29)22-16(27)13(7-21)23-26/h4-6,8H,1-3H3,(H,22,27,29). The first-order chi connectivity index (χ1) is 14.1. The molecule has 0 atom stereocenters. The van der Waals surface area contributed by atoms with Gasteiger partial charge in [-0.1, -0.05) is 37.0 Å². The van der Waals surface area contributed by atoms with Crippen LogP contribution < -0.4 is 21.5 Å². The number of aromatic amines is 1. The van der Waals surface area contributed by atoms with E-state index < -0.39 is 16.9 Å². The molecule has 0 bridgehead atoms. The molecule has 3 aromatic rings. The first kappa shape index (κ1) is 21.3. The van der Waals surface area contributed by atoms with Crippen LogP contribution in [0.15, 0.2) is 32.6 Å². The van der Waals surface area contributed by atoms with Crippen molar-refractivity contribution in [3.63, 3.8) is 0 Å². The summed E-state index contributed by atoms with van der Waals surface area (Å²) in [5.41, 5.74) is -1.93. The topological polar surface area (TPSA) is 136 Å². The molecule has 154 valence electrons. The van der Waals surface area contributed by atoms with Crippen molar-refractivity contribution in [2.24, 2.45) is 7.05 Å². The third kappa shape index (κ3) is 3.98. The maximum atomic E-state index is 12.2. The van der Waals surface area contributed by atoms with Crippen LogP contribution in [0.25, 0.3) is 5.69 Å². The van der Waals surface area contributed by atoms with E-state index in [4.69, 9.17) is 33.2 Å². The molecule has 0 aliphatic carbocycles. The Kier molecular flexibility index (Phi) is 5.78. The predicted molar refractivity (Wildman–Crippen MR) is 109 cm³/mol. The predicted octanol–water partition coefficient (Wildman–Crippen LogP) is 2.11. The minimum atomic E-state index is -0.905. The highest BCUT2D eigenvalue weighted by Crippen LogP contribution is 2.37. The Morgan fingerprint density at radius 2 is 1.77 bits per heavy atom. The number of ether oxygens (including phenoxy) is 1. The smallest absolute Gasteiger partial charge is 0.349 e. The summed E-state index contributed by atoms with van der Waals surface area (Å²) in [5, 5.41) is 16.7. The lowest BCUT2D eigenvalue weighted by Gasteiger charge is -2.13. The Labute approximate surface area is 178 Å². The molecule has 0 amide bonds. The van der Waals surface area contributed by atoms with Gasteiger partial charge < -0.3 is 4.74 Å². The second kappa shape index (κ2) is 8.14. The molecule has 0 spiro atoms. The van der Waals surface area contributed by atoms with E-state index in [1.165, 1.54) is 25.2 Å². The lowest BCUT2D eigenvalue weighted by molar-refractivity contribution is 0.437. The van der Waals surface area contributed by atoms with Crippen LogP contribution in [0.1, 0.15) is 31.0 Å². The summed E-state index contributed by atoms with van der Waals surface area (Å²) in [7, 11) is 1.49. The molecule has 10 nitrogen and oxygen atoms in total. The van der Waals surface area contributed by atoms with E-state index in [0.717, 1.165) is 9.36 Å². The summed E-state index contributed by atoms with van der Waals surface area (Å²) >= 11 is 12.6. The Hall–Kier alpha value is -3.42. The van der Waals surface area contributed by atoms with Crippen LogP contribution >= 0.6 is 23.2 Å². The molecule has 0 saturated carbocycles. The highest BCUT2D eigenvalue weighted by atomic mass is 35.5. The molecular formula is C18H14Cl2N6O4. The Bertz CT molecular complexity index is 1340. The molecule has 1 aromatic carbocycles. The van der Waals surface area contributed by atoms with Gasteiger partial charge in [-0.25, -0.2) is 9.48 Å². The van der Waals surface area contributed by atoms with Gasteiger partial charge in [0.1, 0.15) is 6.07 Å². The van der Waals surface area contributed by atoms with Gasteiger partial charge in [0.15, 0.2) is 5.75 Å². The number of aromatic nitrogens is 5. The van der Waals surface area contributed by atoms with E-state index in [1.807, 2.05) is 18.8 Å². The molecule has 2 aromatic heterocycles. The molecule has 0 saturated heterocycles. The fourth-order valence-electron chi connectivity index (χ4n) is 2.59. The maximum absolute atomic E-state index is 12.2. The number of nitrogens with one attached hydrogen (secondary N) is 1. The molecule has 1 N–H and O–H groups in total. The fraction of sp³-hybridized carbons (Fsp3) is 0.222. The average Bonchev–Trinajstić information content (AvgIpc) is 2.67. The van der Waals surface area contributed by atoms with Crippen molar-refractivity contribution < 1.29 is 4.74 Å². The number of nitriles is 1. The van der Waals surface area contributed by atoms with Crippen molar-refractivity contribution in [3.05, 3.63) is 70.7 Å². The van der Waals surface area contributed by atoms with Gasteiger partial charge in [-0.15, -0.1) is 10.2 Å². The summed E-state index contributed by atoms with van der Waals surface area (Å²) in [6.07, 6.45) is 0.